The number of ether oxygens (including phenoxy) is 1. The molecule has 0 saturated carbocycles. The molecular formula is C17H15N3O4. The van der Waals surface area contributed by atoms with Crippen molar-refractivity contribution in [2.24, 2.45) is 0 Å². The summed E-state index contributed by atoms with van der Waals surface area (Å²) in [5.74, 6) is 0.230. The van der Waals surface area contributed by atoms with Crippen LogP contribution in [0.15, 0.2) is 52.1 Å². The number of aromatic amines is 2. The lowest BCUT2D eigenvalue weighted by molar-refractivity contribution is -0.118. The van der Waals surface area contributed by atoms with Gasteiger partial charge in [0, 0.05) is 5.69 Å². The molecule has 3 aromatic rings. The first-order chi connectivity index (χ1) is 11.5. The van der Waals surface area contributed by atoms with Gasteiger partial charge in [-0.1, -0.05) is 17.7 Å². The van der Waals surface area contributed by atoms with E-state index in [-0.39, 0.29) is 23.3 Å². The van der Waals surface area contributed by atoms with E-state index in [0.29, 0.717) is 11.4 Å². The number of fused-ring (bicyclic) bond motifs is 1. The number of rotatable bonds is 4. The van der Waals surface area contributed by atoms with E-state index in [0.717, 1.165) is 5.56 Å². The van der Waals surface area contributed by atoms with Gasteiger partial charge in [-0.3, -0.25) is 24.6 Å². The van der Waals surface area contributed by atoms with E-state index in [1.807, 2.05) is 19.1 Å². The van der Waals surface area contributed by atoms with Crippen LogP contribution in [-0.2, 0) is 4.79 Å². The van der Waals surface area contributed by atoms with Crippen molar-refractivity contribution in [1.82, 2.24) is 10.2 Å². The third-order valence-electron chi connectivity index (χ3n) is 3.47. The fraction of sp³-hybridized carbons (Fsp3) is 0.118. The minimum atomic E-state index is -0.434. The molecule has 24 heavy (non-hydrogen) atoms. The highest BCUT2D eigenvalue weighted by atomic mass is 16.5. The highest BCUT2D eigenvalue weighted by Crippen LogP contribution is 2.14. The molecule has 122 valence electrons. The monoisotopic (exact) mass is 325 g/mol. The molecule has 0 aliphatic rings. The molecule has 0 radical (unpaired) electrons. The molecule has 0 unspecified atom stereocenters. The van der Waals surface area contributed by atoms with Gasteiger partial charge in [0.15, 0.2) is 6.61 Å². The van der Waals surface area contributed by atoms with E-state index in [2.05, 4.69) is 15.5 Å². The lowest BCUT2D eigenvalue weighted by Crippen LogP contribution is -2.21. The molecule has 0 spiro atoms. The maximum atomic E-state index is 12.0. The Bertz CT molecular complexity index is 1000. The van der Waals surface area contributed by atoms with E-state index < -0.39 is 11.1 Å². The number of aryl methyl sites for hydroxylation is 1. The van der Waals surface area contributed by atoms with Crippen LogP contribution in [0.3, 0.4) is 0 Å². The largest absolute Gasteiger partial charge is 0.484 e. The number of amides is 1. The summed E-state index contributed by atoms with van der Waals surface area (Å²) in [4.78, 5) is 35.3. The Morgan fingerprint density at radius 2 is 1.67 bits per heavy atom. The Kier molecular flexibility index (Phi) is 4.15. The third-order valence-corrected chi connectivity index (χ3v) is 3.47. The summed E-state index contributed by atoms with van der Waals surface area (Å²) in [6, 6.07) is 11.8. The van der Waals surface area contributed by atoms with Crippen molar-refractivity contribution in [2.75, 3.05) is 11.9 Å². The first kappa shape index (κ1) is 15.5. The number of aromatic nitrogens is 2. The maximum absolute atomic E-state index is 12.0. The Morgan fingerprint density at radius 1 is 1.00 bits per heavy atom. The molecule has 1 amide bonds. The van der Waals surface area contributed by atoms with Crippen molar-refractivity contribution in [2.45, 2.75) is 6.92 Å². The quantitative estimate of drug-likeness (QED) is 0.677. The van der Waals surface area contributed by atoms with Gasteiger partial charge < -0.3 is 10.1 Å². The van der Waals surface area contributed by atoms with Crippen LogP contribution in [0, 0.1) is 6.92 Å². The molecular weight excluding hydrogens is 310 g/mol. The molecule has 0 aliphatic carbocycles. The molecule has 3 N–H and O–H groups in total. The average Bonchev–Trinajstić information content (AvgIpc) is 2.58. The summed E-state index contributed by atoms with van der Waals surface area (Å²) in [5.41, 5.74) is 0.682. The predicted octanol–water partition coefficient (Wildman–Crippen LogP) is 1.54. The Balaban J connectivity index is 1.71. The molecule has 3 rings (SSSR count). The minimum Gasteiger partial charge on any atom is -0.484 e. The summed E-state index contributed by atoms with van der Waals surface area (Å²) < 4.78 is 5.39. The zero-order chi connectivity index (χ0) is 17.1. The van der Waals surface area contributed by atoms with E-state index >= 15 is 0 Å². The molecule has 1 aromatic heterocycles. The Morgan fingerprint density at radius 3 is 2.38 bits per heavy atom. The van der Waals surface area contributed by atoms with Crippen LogP contribution in [0.2, 0.25) is 0 Å². The number of carbonyl (C=O) groups is 1. The standard InChI is InChI=1S/C17H15N3O4/c1-10-2-5-12(6-3-10)24-9-15(21)18-11-4-7-13-14(8-11)17(23)20-19-16(13)22/h2-8H,9H2,1H3,(H,18,21)(H,19,22)(H,20,23). The summed E-state index contributed by atoms with van der Waals surface area (Å²) in [7, 11) is 0. The number of hydrogen-bond acceptors (Lipinski definition) is 4. The van der Waals surface area contributed by atoms with Gasteiger partial charge in [0.25, 0.3) is 17.0 Å². The zero-order valence-corrected chi connectivity index (χ0v) is 12.9. The van der Waals surface area contributed by atoms with Crippen LogP contribution in [0.1, 0.15) is 5.56 Å². The average molecular weight is 325 g/mol. The molecule has 7 heteroatoms. The van der Waals surface area contributed by atoms with E-state index in [1.54, 1.807) is 18.2 Å². The molecule has 0 atom stereocenters. The zero-order valence-electron chi connectivity index (χ0n) is 12.9. The summed E-state index contributed by atoms with van der Waals surface area (Å²) in [6.07, 6.45) is 0. The van der Waals surface area contributed by atoms with Crippen LogP contribution in [-0.4, -0.2) is 22.7 Å². The molecule has 0 bridgehead atoms. The van der Waals surface area contributed by atoms with Crippen molar-refractivity contribution in [3.8, 4) is 5.75 Å². The molecule has 1 heterocycles. The van der Waals surface area contributed by atoms with E-state index in [9.17, 15) is 14.4 Å². The van der Waals surface area contributed by atoms with Gasteiger partial charge in [0.05, 0.1) is 10.8 Å². The first-order valence-corrected chi connectivity index (χ1v) is 7.27. The predicted molar refractivity (Wildman–Crippen MR) is 90.5 cm³/mol. The molecule has 7 nitrogen and oxygen atoms in total. The number of carbonyl (C=O) groups excluding carboxylic acids is 1. The van der Waals surface area contributed by atoms with Crippen LogP contribution < -0.4 is 21.2 Å². The van der Waals surface area contributed by atoms with Gasteiger partial charge in [-0.15, -0.1) is 0 Å². The van der Waals surface area contributed by atoms with E-state index in [4.69, 9.17) is 4.74 Å². The second kappa shape index (κ2) is 6.41. The van der Waals surface area contributed by atoms with Crippen LogP contribution in [0.4, 0.5) is 5.69 Å². The smallest absolute Gasteiger partial charge is 0.270 e. The minimum absolute atomic E-state index is 0.160. The maximum Gasteiger partial charge on any atom is 0.270 e. The SMILES string of the molecule is Cc1ccc(OCC(=O)Nc2ccc3c(=O)[nH][nH]c(=O)c3c2)cc1. The molecule has 0 aliphatic heterocycles. The van der Waals surface area contributed by atoms with Crippen molar-refractivity contribution < 1.29 is 9.53 Å². The summed E-state index contributed by atoms with van der Waals surface area (Å²) >= 11 is 0. The highest BCUT2D eigenvalue weighted by molar-refractivity contribution is 5.94. The third kappa shape index (κ3) is 3.35. The van der Waals surface area contributed by atoms with Gasteiger partial charge in [0.2, 0.25) is 0 Å². The number of H-pyrrole nitrogens is 2. The number of hydrogen-bond donors (Lipinski definition) is 3. The van der Waals surface area contributed by atoms with Gasteiger partial charge in [-0.25, -0.2) is 0 Å². The molecule has 0 fully saturated rings. The van der Waals surface area contributed by atoms with Crippen molar-refractivity contribution >= 4 is 22.4 Å². The second-order valence-electron chi connectivity index (χ2n) is 5.32. The van der Waals surface area contributed by atoms with E-state index in [1.165, 1.54) is 12.1 Å². The number of benzene rings is 2. The lowest BCUT2D eigenvalue weighted by Gasteiger charge is -2.08. The highest BCUT2D eigenvalue weighted by Gasteiger charge is 2.07. The van der Waals surface area contributed by atoms with Gasteiger partial charge in [0.1, 0.15) is 5.75 Å². The number of nitrogens with one attached hydrogen (secondary N) is 3. The van der Waals surface area contributed by atoms with Gasteiger partial charge in [-0.2, -0.15) is 0 Å². The molecule has 2 aromatic carbocycles. The second-order valence-corrected chi connectivity index (χ2v) is 5.32. The lowest BCUT2D eigenvalue weighted by atomic mass is 10.2. The normalized spacial score (nSPS) is 10.5. The van der Waals surface area contributed by atoms with Crippen LogP contribution in [0.5, 0.6) is 5.75 Å². The van der Waals surface area contributed by atoms with Gasteiger partial charge >= 0.3 is 0 Å². The summed E-state index contributed by atoms with van der Waals surface area (Å²) in [6.45, 7) is 1.80. The van der Waals surface area contributed by atoms with Crippen molar-refractivity contribution in [1.29, 1.82) is 0 Å². The Labute approximate surface area is 136 Å². The fourth-order valence-electron chi connectivity index (χ4n) is 2.24. The van der Waals surface area contributed by atoms with Crippen molar-refractivity contribution in [3.05, 3.63) is 68.7 Å². The molecule has 0 saturated heterocycles. The first-order valence-electron chi connectivity index (χ1n) is 7.27. The van der Waals surface area contributed by atoms with Crippen molar-refractivity contribution in [3.63, 3.8) is 0 Å². The summed E-state index contributed by atoms with van der Waals surface area (Å²) in [5, 5.41) is 7.58. The van der Waals surface area contributed by atoms with Crippen LogP contribution >= 0.6 is 0 Å². The fourth-order valence-corrected chi connectivity index (χ4v) is 2.24. The van der Waals surface area contributed by atoms with Gasteiger partial charge in [-0.05, 0) is 37.3 Å². The number of anilines is 1. The Hall–Kier alpha value is -3.35. The topological polar surface area (TPSA) is 104 Å². The van der Waals surface area contributed by atoms with Crippen LogP contribution in [0.25, 0.3) is 10.8 Å².